The van der Waals surface area contributed by atoms with Crippen LogP contribution in [0.15, 0.2) is 24.4 Å². The van der Waals surface area contributed by atoms with Crippen molar-refractivity contribution < 1.29 is 9.59 Å². The number of carbonyl (C=O) groups is 2. The number of nitrogens with zero attached hydrogens (tertiary/aromatic N) is 3. The van der Waals surface area contributed by atoms with Crippen molar-refractivity contribution in [3.05, 3.63) is 35.7 Å². The molecule has 7 heteroatoms. The van der Waals surface area contributed by atoms with Gasteiger partial charge in [0.05, 0.1) is 5.69 Å². The highest BCUT2D eigenvalue weighted by atomic mass is 32.1. The monoisotopic (exact) mass is 304 g/mol. The number of thiocarbonyl (C=S) groups is 1. The maximum absolute atomic E-state index is 12.4. The summed E-state index contributed by atoms with van der Waals surface area (Å²) in [5.74, 6) is -0.916. The smallest absolute Gasteiger partial charge is 0.265 e. The van der Waals surface area contributed by atoms with Gasteiger partial charge >= 0.3 is 0 Å². The molecule has 0 atom stereocenters. The molecule has 1 aromatic rings. The first kappa shape index (κ1) is 15.1. The molecule has 1 aliphatic heterocycles. The Bertz CT molecular complexity index is 660. The van der Waals surface area contributed by atoms with Crippen LogP contribution in [0.3, 0.4) is 0 Å². The first-order valence-electron chi connectivity index (χ1n) is 6.51. The number of nitrogens with one attached hydrogen (secondary N) is 1. The van der Waals surface area contributed by atoms with Crippen molar-refractivity contribution in [1.82, 2.24) is 20.0 Å². The zero-order valence-electron chi connectivity index (χ0n) is 11.9. The highest BCUT2D eigenvalue weighted by Crippen LogP contribution is 2.16. The average Bonchev–Trinajstić information content (AvgIpc) is 2.80. The molecule has 1 fully saturated rings. The molecule has 0 saturated carbocycles. The minimum atomic E-state index is -0.492. The summed E-state index contributed by atoms with van der Waals surface area (Å²) in [5.41, 5.74) is 1.54. The fourth-order valence-electron chi connectivity index (χ4n) is 1.98. The van der Waals surface area contributed by atoms with Crippen LogP contribution in [0.1, 0.15) is 18.2 Å². The van der Waals surface area contributed by atoms with E-state index in [9.17, 15) is 9.59 Å². The predicted octanol–water partition coefficient (Wildman–Crippen LogP) is 1.02. The van der Waals surface area contributed by atoms with E-state index in [0.717, 1.165) is 17.8 Å². The SMILES string of the molecule is C=CCN1C(=O)/C(=C\c2cn(CC)nc2C)C(=O)NC1=S. The van der Waals surface area contributed by atoms with Crippen LogP contribution in [-0.2, 0) is 16.1 Å². The molecular formula is C14H16N4O2S. The van der Waals surface area contributed by atoms with Gasteiger partial charge in [0.25, 0.3) is 11.8 Å². The lowest BCUT2D eigenvalue weighted by Crippen LogP contribution is -2.53. The van der Waals surface area contributed by atoms with Crippen LogP contribution in [0, 0.1) is 6.92 Å². The molecule has 1 aliphatic rings. The maximum Gasteiger partial charge on any atom is 0.265 e. The Balaban J connectivity index is 2.40. The van der Waals surface area contributed by atoms with Crippen LogP contribution in [0.4, 0.5) is 0 Å². The largest absolute Gasteiger partial charge is 0.298 e. The van der Waals surface area contributed by atoms with E-state index in [4.69, 9.17) is 12.2 Å². The molecule has 2 heterocycles. The lowest BCUT2D eigenvalue weighted by molar-refractivity contribution is -0.128. The molecular weight excluding hydrogens is 288 g/mol. The molecule has 6 nitrogen and oxygen atoms in total. The molecule has 0 radical (unpaired) electrons. The summed E-state index contributed by atoms with van der Waals surface area (Å²) < 4.78 is 1.75. The van der Waals surface area contributed by atoms with E-state index in [1.165, 1.54) is 4.90 Å². The summed E-state index contributed by atoms with van der Waals surface area (Å²) in [7, 11) is 0. The Labute approximate surface area is 128 Å². The van der Waals surface area contributed by atoms with Crippen LogP contribution >= 0.6 is 12.2 Å². The topological polar surface area (TPSA) is 67.2 Å². The second-order valence-corrected chi connectivity index (χ2v) is 4.93. The van der Waals surface area contributed by atoms with E-state index in [1.54, 1.807) is 23.0 Å². The minimum absolute atomic E-state index is 0.0456. The van der Waals surface area contributed by atoms with Crippen LogP contribution in [0.2, 0.25) is 0 Å². The van der Waals surface area contributed by atoms with Gasteiger partial charge < -0.3 is 0 Å². The van der Waals surface area contributed by atoms with Crippen molar-refractivity contribution in [3.63, 3.8) is 0 Å². The highest BCUT2D eigenvalue weighted by molar-refractivity contribution is 7.80. The molecule has 21 heavy (non-hydrogen) atoms. The third-order valence-electron chi connectivity index (χ3n) is 3.11. The standard InChI is InChI=1S/C14H16N4O2S/c1-4-6-18-13(20)11(12(19)15-14(18)21)7-10-8-17(5-2)16-9(10)3/h4,7-8H,1,5-6H2,2-3H3,(H,15,19,21)/b11-7-. The lowest BCUT2D eigenvalue weighted by atomic mass is 10.1. The quantitative estimate of drug-likeness (QED) is 0.390. The van der Waals surface area contributed by atoms with Gasteiger partial charge in [-0.3, -0.25) is 24.5 Å². The molecule has 0 aliphatic carbocycles. The van der Waals surface area contributed by atoms with Crippen molar-refractivity contribution in [3.8, 4) is 0 Å². The summed E-state index contributed by atoms with van der Waals surface area (Å²) in [6, 6.07) is 0. The third kappa shape index (κ3) is 2.92. The lowest BCUT2D eigenvalue weighted by Gasteiger charge is -2.27. The van der Waals surface area contributed by atoms with Gasteiger partial charge in [0.2, 0.25) is 0 Å². The fourth-order valence-corrected chi connectivity index (χ4v) is 2.23. The summed E-state index contributed by atoms with van der Waals surface area (Å²) in [5, 5.41) is 6.90. The first-order chi connectivity index (χ1) is 9.97. The van der Waals surface area contributed by atoms with Crippen LogP contribution in [0.5, 0.6) is 0 Å². The van der Waals surface area contributed by atoms with Crippen molar-refractivity contribution >= 4 is 35.2 Å². The Morgan fingerprint density at radius 1 is 1.48 bits per heavy atom. The molecule has 1 saturated heterocycles. The summed E-state index contributed by atoms with van der Waals surface area (Å²) >= 11 is 4.99. The zero-order chi connectivity index (χ0) is 15.6. The Kier molecular flexibility index (Phi) is 4.32. The zero-order valence-corrected chi connectivity index (χ0v) is 12.7. The number of hydrogen-bond acceptors (Lipinski definition) is 4. The van der Waals surface area contributed by atoms with Crippen molar-refractivity contribution in [2.75, 3.05) is 6.54 Å². The molecule has 1 aromatic heterocycles. The Morgan fingerprint density at radius 3 is 2.76 bits per heavy atom. The van der Waals surface area contributed by atoms with E-state index in [2.05, 4.69) is 17.0 Å². The van der Waals surface area contributed by atoms with Gasteiger partial charge in [-0.05, 0) is 32.1 Å². The fraction of sp³-hybridized carbons (Fsp3) is 0.286. The van der Waals surface area contributed by atoms with Crippen molar-refractivity contribution in [2.24, 2.45) is 0 Å². The van der Waals surface area contributed by atoms with Gasteiger partial charge in [0.1, 0.15) is 5.57 Å². The number of aromatic nitrogens is 2. The average molecular weight is 304 g/mol. The second-order valence-electron chi connectivity index (χ2n) is 4.55. The van der Waals surface area contributed by atoms with Gasteiger partial charge in [0, 0.05) is 24.8 Å². The number of amides is 2. The second kappa shape index (κ2) is 6.01. The maximum atomic E-state index is 12.4. The van der Waals surface area contributed by atoms with Gasteiger partial charge in [-0.25, -0.2) is 0 Å². The minimum Gasteiger partial charge on any atom is -0.298 e. The normalized spacial score (nSPS) is 17.3. The summed E-state index contributed by atoms with van der Waals surface area (Å²) in [6.07, 6.45) is 4.90. The van der Waals surface area contributed by atoms with Crippen LogP contribution in [0.25, 0.3) is 6.08 Å². The van der Waals surface area contributed by atoms with E-state index < -0.39 is 11.8 Å². The van der Waals surface area contributed by atoms with Crippen molar-refractivity contribution in [2.45, 2.75) is 20.4 Å². The predicted molar refractivity (Wildman–Crippen MR) is 83.3 cm³/mol. The van der Waals surface area contributed by atoms with Gasteiger partial charge in [-0.2, -0.15) is 5.10 Å². The molecule has 110 valence electrons. The van der Waals surface area contributed by atoms with E-state index >= 15 is 0 Å². The molecule has 0 spiro atoms. The van der Waals surface area contributed by atoms with E-state index in [1.807, 2.05) is 13.8 Å². The van der Waals surface area contributed by atoms with Gasteiger partial charge in [-0.15, -0.1) is 6.58 Å². The molecule has 0 bridgehead atoms. The Hall–Kier alpha value is -2.28. The van der Waals surface area contributed by atoms with Crippen LogP contribution in [-0.4, -0.2) is 38.2 Å². The Morgan fingerprint density at radius 2 is 2.19 bits per heavy atom. The molecule has 2 rings (SSSR count). The number of hydrogen-bond donors (Lipinski definition) is 1. The van der Waals surface area contributed by atoms with Crippen molar-refractivity contribution in [1.29, 1.82) is 0 Å². The number of aryl methyl sites for hydroxylation is 2. The van der Waals surface area contributed by atoms with E-state index in [-0.39, 0.29) is 17.2 Å². The molecule has 1 N–H and O–H groups in total. The van der Waals surface area contributed by atoms with Gasteiger partial charge in [0.15, 0.2) is 5.11 Å². The molecule has 0 unspecified atom stereocenters. The van der Waals surface area contributed by atoms with E-state index in [0.29, 0.717) is 0 Å². The highest BCUT2D eigenvalue weighted by Gasteiger charge is 2.32. The molecule has 2 amide bonds. The third-order valence-corrected chi connectivity index (χ3v) is 3.43. The number of carbonyl (C=O) groups excluding carboxylic acids is 2. The summed E-state index contributed by atoms with van der Waals surface area (Å²) in [6.45, 7) is 8.35. The molecule has 0 aromatic carbocycles. The first-order valence-corrected chi connectivity index (χ1v) is 6.92. The van der Waals surface area contributed by atoms with Crippen LogP contribution < -0.4 is 5.32 Å². The van der Waals surface area contributed by atoms with Gasteiger partial charge in [-0.1, -0.05) is 6.08 Å². The number of rotatable bonds is 4. The summed E-state index contributed by atoms with van der Waals surface area (Å²) in [4.78, 5) is 25.7.